The van der Waals surface area contributed by atoms with E-state index in [0.717, 1.165) is 42.7 Å². The SMILES string of the molecule is CN1C[C@@H]2C(COc3cc4c(cc3NC(=O)c3cnn5cccnc35)CC(C)(C)O4)[C@@H]2C1. The summed E-state index contributed by atoms with van der Waals surface area (Å²) in [5, 5.41) is 7.27. The van der Waals surface area contributed by atoms with Crippen molar-refractivity contribution >= 4 is 17.2 Å². The van der Waals surface area contributed by atoms with Crippen LogP contribution in [0.1, 0.15) is 29.8 Å². The van der Waals surface area contributed by atoms with Crippen LogP contribution < -0.4 is 14.8 Å². The number of aromatic nitrogens is 3. The maximum atomic E-state index is 13.1. The van der Waals surface area contributed by atoms with E-state index in [4.69, 9.17) is 9.47 Å². The van der Waals surface area contributed by atoms with Crippen molar-refractivity contribution < 1.29 is 14.3 Å². The number of carbonyl (C=O) groups is 1. The molecule has 3 aliphatic rings. The number of piperidine rings is 1. The van der Waals surface area contributed by atoms with E-state index in [0.29, 0.717) is 35.2 Å². The lowest BCUT2D eigenvalue weighted by atomic mass is 10.0. The van der Waals surface area contributed by atoms with Gasteiger partial charge in [-0.1, -0.05) is 0 Å². The second-order valence-corrected chi connectivity index (χ2v) is 9.92. The Labute approximate surface area is 186 Å². The van der Waals surface area contributed by atoms with Crippen LogP contribution in [0, 0.1) is 17.8 Å². The fourth-order valence-electron chi connectivity index (χ4n) is 5.32. The van der Waals surface area contributed by atoms with Crippen LogP contribution in [0.2, 0.25) is 0 Å². The van der Waals surface area contributed by atoms with Gasteiger partial charge in [-0.3, -0.25) is 4.79 Å². The minimum atomic E-state index is -0.271. The average molecular weight is 434 g/mol. The van der Waals surface area contributed by atoms with Crippen LogP contribution in [0.5, 0.6) is 11.5 Å². The Kier molecular flexibility index (Phi) is 4.24. The predicted octanol–water partition coefficient (Wildman–Crippen LogP) is 2.88. The van der Waals surface area contributed by atoms with E-state index < -0.39 is 0 Å². The van der Waals surface area contributed by atoms with Gasteiger partial charge in [-0.2, -0.15) is 5.10 Å². The number of benzene rings is 1. The number of carbonyl (C=O) groups excluding carboxylic acids is 1. The van der Waals surface area contributed by atoms with Gasteiger partial charge in [0, 0.05) is 49.5 Å². The highest BCUT2D eigenvalue weighted by Gasteiger charge is 2.55. The Bertz CT molecular complexity index is 1210. The summed E-state index contributed by atoms with van der Waals surface area (Å²) in [5.74, 6) is 3.27. The van der Waals surface area contributed by atoms with Crippen LogP contribution in [-0.4, -0.2) is 57.8 Å². The van der Waals surface area contributed by atoms with Crippen LogP contribution in [0.25, 0.3) is 5.65 Å². The Balaban J connectivity index is 1.26. The molecule has 2 fully saturated rings. The van der Waals surface area contributed by atoms with Gasteiger partial charge in [-0.05, 0) is 44.9 Å². The molecule has 3 aromatic rings. The summed E-state index contributed by atoms with van der Waals surface area (Å²) < 4.78 is 14.0. The topological polar surface area (TPSA) is 81.0 Å². The van der Waals surface area contributed by atoms with Gasteiger partial charge in [0.2, 0.25) is 0 Å². The van der Waals surface area contributed by atoms with Crippen molar-refractivity contribution in [3.63, 3.8) is 0 Å². The number of anilines is 1. The number of hydrogen-bond acceptors (Lipinski definition) is 6. The summed E-state index contributed by atoms with van der Waals surface area (Å²) in [6.07, 6.45) is 5.75. The molecule has 8 nitrogen and oxygen atoms in total. The summed E-state index contributed by atoms with van der Waals surface area (Å²) >= 11 is 0. The molecule has 8 heteroatoms. The zero-order valence-corrected chi connectivity index (χ0v) is 18.5. The van der Waals surface area contributed by atoms with Gasteiger partial charge in [0.1, 0.15) is 22.7 Å². The molecule has 1 unspecified atom stereocenters. The third kappa shape index (κ3) is 3.30. The number of amides is 1. The highest BCUT2D eigenvalue weighted by atomic mass is 16.5. The van der Waals surface area contributed by atoms with E-state index in [1.54, 1.807) is 29.2 Å². The lowest BCUT2D eigenvalue weighted by molar-refractivity contribution is 0.102. The molecule has 1 N–H and O–H groups in total. The Morgan fingerprint density at radius 3 is 2.94 bits per heavy atom. The molecule has 32 heavy (non-hydrogen) atoms. The second kappa shape index (κ2) is 6.93. The molecule has 1 aromatic carbocycles. The van der Waals surface area contributed by atoms with Crippen LogP contribution >= 0.6 is 0 Å². The molecule has 6 rings (SSSR count). The maximum absolute atomic E-state index is 13.1. The summed E-state index contributed by atoms with van der Waals surface area (Å²) in [7, 11) is 2.17. The van der Waals surface area contributed by atoms with Gasteiger partial charge < -0.3 is 19.7 Å². The molecule has 166 valence electrons. The molecule has 2 aliphatic heterocycles. The van der Waals surface area contributed by atoms with Crippen LogP contribution in [-0.2, 0) is 6.42 Å². The molecule has 2 aromatic heterocycles. The molecular formula is C24H27N5O3. The van der Waals surface area contributed by atoms with Gasteiger partial charge >= 0.3 is 0 Å². The molecule has 0 bridgehead atoms. The molecule has 1 saturated heterocycles. The summed E-state index contributed by atoms with van der Waals surface area (Å²) in [4.78, 5) is 19.8. The maximum Gasteiger partial charge on any atom is 0.261 e. The molecule has 4 heterocycles. The number of fused-ring (bicyclic) bond motifs is 3. The van der Waals surface area contributed by atoms with Crippen molar-refractivity contribution in [2.24, 2.45) is 17.8 Å². The number of likely N-dealkylation sites (tertiary alicyclic amines) is 1. The molecular weight excluding hydrogens is 406 g/mol. The number of hydrogen-bond donors (Lipinski definition) is 1. The van der Waals surface area contributed by atoms with Gasteiger partial charge in [0.15, 0.2) is 5.65 Å². The largest absolute Gasteiger partial charge is 0.491 e. The Morgan fingerprint density at radius 1 is 1.31 bits per heavy atom. The van der Waals surface area contributed by atoms with E-state index >= 15 is 0 Å². The molecule has 1 aliphatic carbocycles. The molecule has 0 spiro atoms. The lowest BCUT2D eigenvalue weighted by Crippen LogP contribution is -2.24. The summed E-state index contributed by atoms with van der Waals surface area (Å²) in [6, 6.07) is 5.69. The van der Waals surface area contributed by atoms with Crippen molar-refractivity contribution in [2.75, 3.05) is 32.1 Å². The first-order valence-corrected chi connectivity index (χ1v) is 11.1. The first-order valence-electron chi connectivity index (χ1n) is 11.1. The van der Waals surface area contributed by atoms with Gasteiger partial charge in [-0.25, -0.2) is 9.50 Å². The molecule has 0 radical (unpaired) electrons. The van der Waals surface area contributed by atoms with Crippen molar-refractivity contribution in [2.45, 2.75) is 25.9 Å². The number of nitrogens with zero attached hydrogens (tertiary/aromatic N) is 4. The van der Waals surface area contributed by atoms with Gasteiger partial charge in [0.25, 0.3) is 5.91 Å². The molecule has 3 atom stereocenters. The first-order chi connectivity index (χ1) is 15.4. The van der Waals surface area contributed by atoms with Gasteiger partial charge in [0.05, 0.1) is 18.5 Å². The average Bonchev–Trinajstić information content (AvgIpc) is 3.10. The minimum Gasteiger partial charge on any atom is -0.491 e. The summed E-state index contributed by atoms with van der Waals surface area (Å²) in [6.45, 7) is 7.08. The third-order valence-corrected chi connectivity index (χ3v) is 6.92. The lowest BCUT2D eigenvalue weighted by Gasteiger charge is -2.18. The quantitative estimate of drug-likeness (QED) is 0.667. The van der Waals surface area contributed by atoms with E-state index in [1.807, 2.05) is 12.1 Å². The number of ether oxygens (including phenoxy) is 2. The molecule has 1 amide bonds. The van der Waals surface area contributed by atoms with E-state index in [-0.39, 0.29) is 11.5 Å². The van der Waals surface area contributed by atoms with Gasteiger partial charge in [-0.15, -0.1) is 0 Å². The van der Waals surface area contributed by atoms with E-state index in [2.05, 4.69) is 41.2 Å². The number of nitrogens with one attached hydrogen (secondary N) is 1. The number of rotatable bonds is 5. The standard InChI is InChI=1S/C24H27N5O3/c1-24(2)9-14-7-19(27-23(30)15-10-26-29-6-4-5-25-22(15)29)21(8-20(14)32-24)31-13-18-16-11-28(3)12-17(16)18/h4-8,10,16-18H,9,11-13H2,1-3H3,(H,27,30)/t16-,17+,18?. The second-order valence-electron chi connectivity index (χ2n) is 9.92. The van der Waals surface area contributed by atoms with Crippen molar-refractivity contribution in [3.8, 4) is 11.5 Å². The molecule has 1 saturated carbocycles. The van der Waals surface area contributed by atoms with Crippen molar-refractivity contribution in [1.29, 1.82) is 0 Å². The Hall–Kier alpha value is -3.13. The van der Waals surface area contributed by atoms with Crippen LogP contribution in [0.4, 0.5) is 5.69 Å². The zero-order valence-electron chi connectivity index (χ0n) is 18.5. The highest BCUT2D eigenvalue weighted by molar-refractivity contribution is 6.08. The fourth-order valence-corrected chi connectivity index (χ4v) is 5.32. The highest BCUT2D eigenvalue weighted by Crippen LogP contribution is 2.51. The third-order valence-electron chi connectivity index (χ3n) is 6.92. The van der Waals surface area contributed by atoms with Crippen LogP contribution in [0.15, 0.2) is 36.8 Å². The minimum absolute atomic E-state index is 0.258. The van der Waals surface area contributed by atoms with Crippen molar-refractivity contribution in [1.82, 2.24) is 19.5 Å². The predicted molar refractivity (Wildman–Crippen MR) is 119 cm³/mol. The van der Waals surface area contributed by atoms with E-state index in [1.165, 1.54) is 0 Å². The zero-order chi connectivity index (χ0) is 22.0. The van der Waals surface area contributed by atoms with Crippen LogP contribution in [0.3, 0.4) is 0 Å². The monoisotopic (exact) mass is 433 g/mol. The first kappa shape index (κ1) is 19.5. The van der Waals surface area contributed by atoms with E-state index in [9.17, 15) is 4.79 Å². The smallest absolute Gasteiger partial charge is 0.261 e. The Morgan fingerprint density at radius 2 is 2.12 bits per heavy atom. The normalized spacial score (nSPS) is 25.3. The fraction of sp³-hybridized carbons (Fsp3) is 0.458. The van der Waals surface area contributed by atoms with Crippen molar-refractivity contribution in [3.05, 3.63) is 47.9 Å². The summed E-state index contributed by atoms with van der Waals surface area (Å²) in [5.41, 5.74) is 2.41.